The molecule has 3 nitrogen and oxygen atoms in total. The molecule has 0 radical (unpaired) electrons. The van der Waals surface area contributed by atoms with Crippen LogP contribution in [0.3, 0.4) is 0 Å². The predicted octanol–water partition coefficient (Wildman–Crippen LogP) is 14.0. The minimum atomic E-state index is 0.801. The van der Waals surface area contributed by atoms with Crippen LogP contribution in [-0.4, -0.2) is 0 Å². The number of hydrogen-bond donors (Lipinski definition) is 0. The molecule has 2 heterocycles. The molecule has 3 heteroatoms. The Morgan fingerprint density at radius 3 is 1.65 bits per heavy atom. The van der Waals surface area contributed by atoms with Crippen molar-refractivity contribution < 1.29 is 9.15 Å². The van der Waals surface area contributed by atoms with Crippen LogP contribution in [0, 0.1) is 0 Å². The lowest BCUT2D eigenvalue weighted by molar-refractivity contribution is 0.504. The topological polar surface area (TPSA) is 25.6 Å². The van der Waals surface area contributed by atoms with Gasteiger partial charge in [0, 0.05) is 34.1 Å². The second-order valence-corrected chi connectivity index (χ2v) is 13.7. The van der Waals surface area contributed by atoms with Crippen molar-refractivity contribution in [2.75, 3.05) is 4.90 Å². The van der Waals surface area contributed by atoms with Crippen molar-refractivity contribution in [3.8, 4) is 39.1 Å². The molecule has 0 atom stereocenters. The number of allylic oxidation sites excluding steroid dienone is 1. The Bertz CT molecular complexity index is 2790. The summed E-state index contributed by atoms with van der Waals surface area (Å²) in [4.78, 5) is 2.32. The molecule has 0 N–H and O–H groups in total. The fourth-order valence-electron chi connectivity index (χ4n) is 7.70. The molecule has 0 spiro atoms. The maximum absolute atomic E-state index is 6.66. The van der Waals surface area contributed by atoms with E-state index < -0.39 is 0 Å². The maximum Gasteiger partial charge on any atom is 0.142 e. The number of nitrogens with zero attached hydrogens (tertiary/aromatic N) is 1. The summed E-state index contributed by atoms with van der Waals surface area (Å²) >= 11 is 0. The summed E-state index contributed by atoms with van der Waals surface area (Å²) in [7, 11) is 0. The van der Waals surface area contributed by atoms with E-state index in [-0.39, 0.29) is 0 Å². The minimum Gasteiger partial charge on any atom is -0.456 e. The molecular formula is C51H35NO2. The highest BCUT2D eigenvalue weighted by atomic mass is 16.5. The minimum absolute atomic E-state index is 0.801. The van der Waals surface area contributed by atoms with Crippen molar-refractivity contribution >= 4 is 44.8 Å². The summed E-state index contributed by atoms with van der Waals surface area (Å²) in [5.74, 6) is 1.75. The Balaban J connectivity index is 1.12. The molecule has 1 aromatic heterocycles. The summed E-state index contributed by atoms with van der Waals surface area (Å²) in [5.41, 5.74) is 14.0. The van der Waals surface area contributed by atoms with Crippen LogP contribution < -0.4 is 9.64 Å². The first-order chi connectivity index (χ1) is 26.8. The number of furan rings is 1. The molecule has 0 saturated heterocycles. The van der Waals surface area contributed by atoms with Gasteiger partial charge in [0.25, 0.3) is 0 Å². The first-order valence-electron chi connectivity index (χ1n) is 18.4. The molecule has 0 fully saturated rings. The summed E-state index contributed by atoms with van der Waals surface area (Å²) in [6.45, 7) is 0. The SMILES string of the molecule is C1=C(c2ccccc2)Oc2c(ccc3oc4cc(N(c5ccc(-c6ccccc6)cc5)c5ccc(-c6ccccc6)c(-c6ccccc6)c5)ccc4c23)C1. The standard InChI is InChI=1S/C51H35NO2/c1-5-13-35(14-6-1)36-21-25-41(26-22-36)52(42-27-29-44(37-15-7-2-8-16-37)46(33-42)38-17-9-3-10-18-38)43-28-30-45-49(34-43)53-48-32-24-40-23-31-47(54-51(40)50(45)48)39-19-11-4-12-20-39/h1-22,24-34H,23H2. The highest BCUT2D eigenvalue weighted by molar-refractivity contribution is 6.10. The molecule has 256 valence electrons. The van der Waals surface area contributed by atoms with Gasteiger partial charge in [0.05, 0.1) is 5.39 Å². The lowest BCUT2D eigenvalue weighted by Crippen LogP contribution is -2.10. The summed E-state index contributed by atoms with van der Waals surface area (Å²) < 4.78 is 13.3. The molecule has 8 aromatic carbocycles. The van der Waals surface area contributed by atoms with Crippen LogP contribution >= 0.6 is 0 Å². The van der Waals surface area contributed by atoms with Gasteiger partial charge in [0.2, 0.25) is 0 Å². The van der Waals surface area contributed by atoms with Crippen LogP contribution in [0.2, 0.25) is 0 Å². The van der Waals surface area contributed by atoms with E-state index in [1.807, 2.05) is 18.2 Å². The average molecular weight is 694 g/mol. The van der Waals surface area contributed by atoms with E-state index in [4.69, 9.17) is 9.15 Å². The number of benzene rings is 8. The van der Waals surface area contributed by atoms with E-state index in [2.05, 4.69) is 187 Å². The largest absolute Gasteiger partial charge is 0.456 e. The van der Waals surface area contributed by atoms with Crippen molar-refractivity contribution in [3.05, 3.63) is 211 Å². The molecule has 0 unspecified atom stereocenters. The van der Waals surface area contributed by atoms with Crippen LogP contribution in [0.25, 0.3) is 61.1 Å². The summed E-state index contributed by atoms with van der Waals surface area (Å²) in [6, 6.07) is 68.5. The van der Waals surface area contributed by atoms with Gasteiger partial charge >= 0.3 is 0 Å². The van der Waals surface area contributed by atoms with Crippen LogP contribution in [0.5, 0.6) is 5.75 Å². The van der Waals surface area contributed by atoms with Gasteiger partial charge in [-0.2, -0.15) is 0 Å². The van der Waals surface area contributed by atoms with Crippen molar-refractivity contribution in [2.45, 2.75) is 6.42 Å². The third-order valence-electron chi connectivity index (χ3n) is 10.4. The third kappa shape index (κ3) is 5.73. The monoisotopic (exact) mass is 693 g/mol. The second kappa shape index (κ2) is 13.5. The Labute approximate surface area is 314 Å². The van der Waals surface area contributed by atoms with E-state index in [1.54, 1.807) is 0 Å². The van der Waals surface area contributed by atoms with E-state index >= 15 is 0 Å². The van der Waals surface area contributed by atoms with E-state index in [9.17, 15) is 0 Å². The fraction of sp³-hybridized carbons (Fsp3) is 0.0196. The van der Waals surface area contributed by atoms with Gasteiger partial charge in [-0.3, -0.25) is 0 Å². The molecule has 9 aromatic rings. The Morgan fingerprint density at radius 2 is 0.963 bits per heavy atom. The van der Waals surface area contributed by atoms with Gasteiger partial charge in [0.1, 0.15) is 22.7 Å². The first kappa shape index (κ1) is 31.6. The van der Waals surface area contributed by atoms with Crippen LogP contribution in [0.15, 0.2) is 205 Å². The van der Waals surface area contributed by atoms with Gasteiger partial charge in [-0.05, 0) is 93.9 Å². The Hall–Kier alpha value is -7.10. The van der Waals surface area contributed by atoms with Crippen molar-refractivity contribution in [1.82, 2.24) is 0 Å². The number of hydrogen-bond acceptors (Lipinski definition) is 3. The van der Waals surface area contributed by atoms with Crippen LogP contribution in [0.1, 0.15) is 11.1 Å². The smallest absolute Gasteiger partial charge is 0.142 e. The molecule has 0 amide bonds. The molecule has 1 aliphatic heterocycles. The second-order valence-electron chi connectivity index (χ2n) is 13.7. The maximum atomic E-state index is 6.66. The zero-order chi connectivity index (χ0) is 35.8. The van der Waals surface area contributed by atoms with Crippen LogP contribution in [-0.2, 0) is 6.42 Å². The predicted molar refractivity (Wildman–Crippen MR) is 223 cm³/mol. The van der Waals surface area contributed by atoms with E-state index in [1.165, 1.54) is 33.4 Å². The van der Waals surface area contributed by atoms with Gasteiger partial charge in [0.15, 0.2) is 0 Å². The highest BCUT2D eigenvalue weighted by Crippen LogP contribution is 2.46. The molecule has 0 aliphatic carbocycles. The van der Waals surface area contributed by atoms with Gasteiger partial charge in [-0.1, -0.05) is 146 Å². The molecular weight excluding hydrogens is 659 g/mol. The van der Waals surface area contributed by atoms with Gasteiger partial charge < -0.3 is 14.1 Å². The van der Waals surface area contributed by atoms with Gasteiger partial charge in [-0.25, -0.2) is 0 Å². The average Bonchev–Trinajstić information content (AvgIpc) is 3.64. The van der Waals surface area contributed by atoms with Crippen molar-refractivity contribution in [1.29, 1.82) is 0 Å². The quantitative estimate of drug-likeness (QED) is 0.166. The number of anilines is 3. The molecule has 1 aliphatic rings. The summed E-state index contributed by atoms with van der Waals surface area (Å²) in [5, 5.41) is 2.04. The normalized spacial score (nSPS) is 12.3. The fourth-order valence-corrected chi connectivity index (χ4v) is 7.70. The molecule has 0 saturated carbocycles. The lowest BCUT2D eigenvalue weighted by atomic mass is 9.93. The lowest BCUT2D eigenvalue weighted by Gasteiger charge is -2.27. The first-order valence-corrected chi connectivity index (χ1v) is 18.4. The molecule has 10 rings (SSSR count). The zero-order valence-electron chi connectivity index (χ0n) is 29.5. The molecule has 54 heavy (non-hydrogen) atoms. The number of rotatable bonds is 7. The Morgan fingerprint density at radius 1 is 0.407 bits per heavy atom. The van der Waals surface area contributed by atoms with Crippen molar-refractivity contribution in [2.24, 2.45) is 0 Å². The number of ether oxygens (including phenoxy) is 1. The molecule has 0 bridgehead atoms. The number of fused-ring (bicyclic) bond motifs is 5. The highest BCUT2D eigenvalue weighted by Gasteiger charge is 2.23. The summed E-state index contributed by atoms with van der Waals surface area (Å²) in [6.07, 6.45) is 2.97. The van der Waals surface area contributed by atoms with Gasteiger partial charge in [-0.15, -0.1) is 0 Å². The Kier molecular flexibility index (Phi) is 7.88. The van der Waals surface area contributed by atoms with E-state index in [0.29, 0.717) is 0 Å². The zero-order valence-corrected chi connectivity index (χ0v) is 29.5. The van der Waals surface area contributed by atoms with Crippen LogP contribution in [0.4, 0.5) is 17.1 Å². The van der Waals surface area contributed by atoms with Crippen molar-refractivity contribution in [3.63, 3.8) is 0 Å². The van der Waals surface area contributed by atoms with E-state index in [0.717, 1.165) is 68.1 Å². The third-order valence-corrected chi connectivity index (χ3v) is 10.4.